The zero-order valence-corrected chi connectivity index (χ0v) is 13.6. The van der Waals surface area contributed by atoms with Crippen molar-refractivity contribution in [2.24, 2.45) is 16.3 Å². The lowest BCUT2D eigenvalue weighted by Crippen LogP contribution is -2.38. The van der Waals surface area contributed by atoms with E-state index in [1.807, 2.05) is 13.8 Å². The van der Waals surface area contributed by atoms with E-state index < -0.39 is 0 Å². The van der Waals surface area contributed by atoms with E-state index in [-0.39, 0.29) is 5.41 Å². The number of hydrogen-bond acceptors (Lipinski definition) is 4. The van der Waals surface area contributed by atoms with E-state index in [0.29, 0.717) is 11.9 Å². The number of hydrogen-bond donors (Lipinski definition) is 2. The van der Waals surface area contributed by atoms with E-state index in [4.69, 9.17) is 10.9 Å². The van der Waals surface area contributed by atoms with Crippen molar-refractivity contribution >= 4 is 5.84 Å². The Morgan fingerprint density at radius 1 is 1.35 bits per heavy atom. The van der Waals surface area contributed by atoms with Crippen LogP contribution in [-0.4, -0.2) is 60.1 Å². The molecular formula is C15H32N4O. The molecule has 1 aliphatic heterocycles. The molecule has 5 heteroatoms. The van der Waals surface area contributed by atoms with Crippen molar-refractivity contribution in [3.05, 3.63) is 0 Å². The Hall–Kier alpha value is -0.810. The molecule has 0 aliphatic carbocycles. The molecular weight excluding hydrogens is 252 g/mol. The molecule has 0 aromatic carbocycles. The first kappa shape index (κ1) is 17.2. The molecule has 1 rings (SSSR count). The zero-order valence-electron chi connectivity index (χ0n) is 13.6. The lowest BCUT2D eigenvalue weighted by molar-refractivity contribution is 0.196. The number of nitrogens with two attached hydrogens (primary N) is 1. The molecule has 0 amide bonds. The van der Waals surface area contributed by atoms with Crippen molar-refractivity contribution in [1.29, 1.82) is 0 Å². The summed E-state index contributed by atoms with van der Waals surface area (Å²) in [6.07, 6.45) is 4.51. The highest BCUT2D eigenvalue weighted by Crippen LogP contribution is 2.23. The van der Waals surface area contributed by atoms with Crippen LogP contribution in [0, 0.1) is 5.41 Å². The molecule has 118 valence electrons. The summed E-state index contributed by atoms with van der Waals surface area (Å²) in [5, 5.41) is 11.9. The third-order valence-corrected chi connectivity index (χ3v) is 4.48. The third-order valence-electron chi connectivity index (χ3n) is 4.48. The molecule has 0 saturated carbocycles. The summed E-state index contributed by atoms with van der Waals surface area (Å²) in [5.41, 5.74) is 5.51. The van der Waals surface area contributed by atoms with Gasteiger partial charge in [0.05, 0.1) is 0 Å². The normalized spacial score (nSPS) is 23.8. The number of unbranched alkanes of at least 4 members (excludes halogenated alkanes) is 1. The second kappa shape index (κ2) is 7.84. The SMILES string of the molecule is CC1CN(C)CCCN1CCCCC(C)(C)C(N)=NO. The van der Waals surface area contributed by atoms with Crippen molar-refractivity contribution in [2.45, 2.75) is 52.5 Å². The van der Waals surface area contributed by atoms with Crippen LogP contribution in [0.5, 0.6) is 0 Å². The van der Waals surface area contributed by atoms with Crippen LogP contribution in [0.4, 0.5) is 0 Å². The second-order valence-corrected chi connectivity index (χ2v) is 6.83. The topological polar surface area (TPSA) is 65.1 Å². The highest BCUT2D eigenvalue weighted by Gasteiger charge is 2.23. The van der Waals surface area contributed by atoms with Gasteiger partial charge in [-0.1, -0.05) is 25.4 Å². The Kier molecular flexibility index (Phi) is 6.76. The highest BCUT2D eigenvalue weighted by atomic mass is 16.4. The molecule has 0 spiro atoms. The number of likely N-dealkylation sites (N-methyl/N-ethyl adjacent to an activating group) is 1. The molecule has 0 radical (unpaired) electrons. The summed E-state index contributed by atoms with van der Waals surface area (Å²) in [7, 11) is 2.21. The predicted octanol–water partition coefficient (Wildman–Crippen LogP) is 1.96. The van der Waals surface area contributed by atoms with E-state index in [1.54, 1.807) is 0 Å². The Balaban J connectivity index is 2.30. The van der Waals surface area contributed by atoms with Crippen LogP contribution in [0.15, 0.2) is 5.16 Å². The van der Waals surface area contributed by atoms with Crippen LogP contribution >= 0.6 is 0 Å². The first-order valence-electron chi connectivity index (χ1n) is 7.77. The Bertz CT molecular complexity index is 317. The van der Waals surface area contributed by atoms with E-state index in [9.17, 15) is 0 Å². The van der Waals surface area contributed by atoms with Crippen LogP contribution in [0.1, 0.15) is 46.5 Å². The van der Waals surface area contributed by atoms with E-state index in [1.165, 1.54) is 25.9 Å². The van der Waals surface area contributed by atoms with Crippen molar-refractivity contribution in [2.75, 3.05) is 33.2 Å². The largest absolute Gasteiger partial charge is 0.409 e. The maximum atomic E-state index is 8.77. The molecule has 0 bridgehead atoms. The number of rotatable bonds is 6. The Labute approximate surface area is 123 Å². The molecule has 5 nitrogen and oxygen atoms in total. The standard InChI is InChI=1S/C15H32N4O/c1-13-12-18(4)9-7-11-19(13)10-6-5-8-15(2,3)14(16)17-20/h13,20H,5-12H2,1-4H3,(H2,16,17). The fourth-order valence-corrected chi connectivity index (χ4v) is 2.90. The minimum atomic E-state index is -0.209. The minimum Gasteiger partial charge on any atom is -0.409 e. The van der Waals surface area contributed by atoms with Gasteiger partial charge >= 0.3 is 0 Å². The molecule has 1 unspecified atom stereocenters. The maximum Gasteiger partial charge on any atom is 0.144 e. The first-order valence-corrected chi connectivity index (χ1v) is 7.77. The third kappa shape index (κ3) is 5.29. The van der Waals surface area contributed by atoms with Gasteiger partial charge in [-0.25, -0.2) is 0 Å². The van der Waals surface area contributed by atoms with Crippen LogP contribution in [0.2, 0.25) is 0 Å². The summed E-state index contributed by atoms with van der Waals surface area (Å²) in [5.74, 6) is 0.335. The number of amidine groups is 1. The van der Waals surface area contributed by atoms with Gasteiger partial charge in [0, 0.05) is 18.0 Å². The van der Waals surface area contributed by atoms with Gasteiger partial charge in [0.2, 0.25) is 0 Å². The van der Waals surface area contributed by atoms with E-state index in [2.05, 4.69) is 28.9 Å². The Morgan fingerprint density at radius 3 is 2.70 bits per heavy atom. The predicted molar refractivity (Wildman–Crippen MR) is 84.2 cm³/mol. The molecule has 1 aliphatic rings. The number of nitrogens with zero attached hydrogens (tertiary/aromatic N) is 3. The molecule has 20 heavy (non-hydrogen) atoms. The average Bonchev–Trinajstić information content (AvgIpc) is 2.54. The lowest BCUT2D eigenvalue weighted by Gasteiger charge is -2.28. The van der Waals surface area contributed by atoms with Gasteiger partial charge < -0.3 is 15.8 Å². The van der Waals surface area contributed by atoms with Crippen molar-refractivity contribution in [3.8, 4) is 0 Å². The quantitative estimate of drug-likeness (QED) is 0.257. The van der Waals surface area contributed by atoms with Crippen LogP contribution in [-0.2, 0) is 0 Å². The first-order chi connectivity index (χ1) is 9.36. The molecule has 1 atom stereocenters. The van der Waals surface area contributed by atoms with Gasteiger partial charge in [-0.15, -0.1) is 0 Å². The van der Waals surface area contributed by atoms with Gasteiger partial charge in [-0.05, 0) is 52.9 Å². The van der Waals surface area contributed by atoms with Gasteiger partial charge in [-0.3, -0.25) is 4.90 Å². The highest BCUT2D eigenvalue weighted by molar-refractivity contribution is 5.85. The van der Waals surface area contributed by atoms with Crippen molar-refractivity contribution in [1.82, 2.24) is 9.80 Å². The summed E-state index contributed by atoms with van der Waals surface area (Å²) >= 11 is 0. The molecule has 0 aromatic heterocycles. The monoisotopic (exact) mass is 284 g/mol. The van der Waals surface area contributed by atoms with E-state index >= 15 is 0 Å². The lowest BCUT2D eigenvalue weighted by atomic mass is 9.86. The molecule has 3 N–H and O–H groups in total. The van der Waals surface area contributed by atoms with E-state index in [0.717, 1.165) is 25.9 Å². The maximum absolute atomic E-state index is 8.77. The average molecular weight is 284 g/mol. The molecule has 1 saturated heterocycles. The summed E-state index contributed by atoms with van der Waals surface area (Å²) < 4.78 is 0. The van der Waals surface area contributed by atoms with Crippen molar-refractivity contribution < 1.29 is 5.21 Å². The van der Waals surface area contributed by atoms with Gasteiger partial charge in [0.25, 0.3) is 0 Å². The smallest absolute Gasteiger partial charge is 0.144 e. The van der Waals surface area contributed by atoms with Crippen LogP contribution in [0.3, 0.4) is 0 Å². The minimum absolute atomic E-state index is 0.209. The fraction of sp³-hybridized carbons (Fsp3) is 0.933. The van der Waals surface area contributed by atoms with Crippen LogP contribution in [0.25, 0.3) is 0 Å². The van der Waals surface area contributed by atoms with Gasteiger partial charge in [-0.2, -0.15) is 0 Å². The van der Waals surface area contributed by atoms with Gasteiger partial charge in [0.1, 0.15) is 5.84 Å². The van der Waals surface area contributed by atoms with Gasteiger partial charge in [0.15, 0.2) is 0 Å². The molecule has 1 fully saturated rings. The fourth-order valence-electron chi connectivity index (χ4n) is 2.90. The number of oxime groups is 1. The van der Waals surface area contributed by atoms with Crippen LogP contribution < -0.4 is 5.73 Å². The Morgan fingerprint density at radius 2 is 2.05 bits per heavy atom. The molecule has 1 heterocycles. The summed E-state index contributed by atoms with van der Waals surface area (Å²) in [4.78, 5) is 5.02. The summed E-state index contributed by atoms with van der Waals surface area (Å²) in [6, 6.07) is 0.639. The second-order valence-electron chi connectivity index (χ2n) is 6.83. The molecule has 0 aromatic rings. The van der Waals surface area contributed by atoms with Crippen molar-refractivity contribution in [3.63, 3.8) is 0 Å². The summed E-state index contributed by atoms with van der Waals surface area (Å²) in [6.45, 7) is 11.1. The zero-order chi connectivity index (χ0) is 15.2.